The van der Waals surface area contributed by atoms with Gasteiger partial charge in [-0.3, -0.25) is 4.79 Å². The van der Waals surface area contributed by atoms with Crippen LogP contribution < -0.4 is 5.32 Å². The van der Waals surface area contributed by atoms with Crippen LogP contribution in [0.2, 0.25) is 0 Å². The molecule has 0 aliphatic carbocycles. The van der Waals surface area contributed by atoms with E-state index in [1.165, 1.54) is 5.56 Å². The third-order valence-corrected chi connectivity index (χ3v) is 4.93. The molecule has 1 atom stereocenters. The number of fused-ring (bicyclic) bond motifs is 1. The van der Waals surface area contributed by atoms with E-state index >= 15 is 0 Å². The summed E-state index contributed by atoms with van der Waals surface area (Å²) < 4.78 is 2.05. The first kappa shape index (κ1) is 14.0. The van der Waals surface area contributed by atoms with E-state index in [9.17, 15) is 4.79 Å². The van der Waals surface area contributed by atoms with Gasteiger partial charge in [-0.2, -0.15) is 11.3 Å². The number of hydrogen-bond donors (Lipinski definition) is 1. The maximum atomic E-state index is 12.1. The summed E-state index contributed by atoms with van der Waals surface area (Å²) in [5.74, 6) is 0.679. The number of aromatic nitrogens is 2. The van der Waals surface area contributed by atoms with Crippen molar-refractivity contribution in [2.24, 2.45) is 0 Å². The fraction of sp³-hybridized carbons (Fsp3) is 0.176. The summed E-state index contributed by atoms with van der Waals surface area (Å²) in [5.41, 5.74) is 4.17. The molecule has 4 heterocycles. The fourth-order valence-corrected chi connectivity index (χ4v) is 3.51. The van der Waals surface area contributed by atoms with Gasteiger partial charge in [0, 0.05) is 13.2 Å². The standard InChI is InChI=1S/C17H16N4OS/c1-11-19-14(7-17(22)20(11)2)15-8-18-16-4-3-12(9-21(15)16)13-5-6-23-10-13/h3-6,8-10,14,19H,1,7H2,2H3. The molecule has 23 heavy (non-hydrogen) atoms. The van der Waals surface area contributed by atoms with Gasteiger partial charge in [0.05, 0.1) is 24.4 Å². The molecule has 1 fully saturated rings. The highest BCUT2D eigenvalue weighted by molar-refractivity contribution is 7.08. The third-order valence-electron chi connectivity index (χ3n) is 4.24. The summed E-state index contributed by atoms with van der Waals surface area (Å²) in [6.45, 7) is 3.91. The minimum atomic E-state index is -0.112. The molecule has 1 amide bonds. The lowest BCUT2D eigenvalue weighted by molar-refractivity contribution is -0.130. The Hall–Kier alpha value is -2.60. The largest absolute Gasteiger partial charge is 0.363 e. The Morgan fingerprint density at radius 1 is 1.35 bits per heavy atom. The van der Waals surface area contributed by atoms with Gasteiger partial charge in [0.25, 0.3) is 0 Å². The summed E-state index contributed by atoms with van der Waals surface area (Å²) in [5, 5.41) is 7.48. The first-order valence-electron chi connectivity index (χ1n) is 7.35. The van der Waals surface area contributed by atoms with Gasteiger partial charge in [-0.15, -0.1) is 0 Å². The van der Waals surface area contributed by atoms with Crippen molar-refractivity contribution in [1.82, 2.24) is 19.6 Å². The predicted octanol–water partition coefficient (Wildman–Crippen LogP) is 3.03. The molecule has 1 saturated heterocycles. The Balaban J connectivity index is 1.77. The summed E-state index contributed by atoms with van der Waals surface area (Å²) in [6.07, 6.45) is 4.30. The maximum absolute atomic E-state index is 12.1. The first-order chi connectivity index (χ1) is 11.1. The number of carbonyl (C=O) groups is 1. The van der Waals surface area contributed by atoms with Crippen LogP contribution in [0.4, 0.5) is 0 Å². The second-order valence-electron chi connectivity index (χ2n) is 5.64. The Kier molecular flexibility index (Phi) is 3.20. The van der Waals surface area contributed by atoms with Crippen molar-refractivity contribution in [2.45, 2.75) is 12.5 Å². The van der Waals surface area contributed by atoms with E-state index < -0.39 is 0 Å². The van der Waals surface area contributed by atoms with Crippen molar-refractivity contribution < 1.29 is 4.79 Å². The number of amides is 1. The third kappa shape index (κ3) is 2.31. The quantitative estimate of drug-likeness (QED) is 0.788. The van der Waals surface area contributed by atoms with E-state index in [2.05, 4.69) is 50.4 Å². The van der Waals surface area contributed by atoms with Crippen LogP contribution in [0.1, 0.15) is 18.2 Å². The van der Waals surface area contributed by atoms with E-state index in [0.29, 0.717) is 12.2 Å². The predicted molar refractivity (Wildman–Crippen MR) is 90.9 cm³/mol. The number of imidazole rings is 1. The highest BCUT2D eigenvalue weighted by atomic mass is 32.1. The Morgan fingerprint density at radius 2 is 2.22 bits per heavy atom. The molecule has 5 nitrogen and oxygen atoms in total. The van der Waals surface area contributed by atoms with Gasteiger partial charge in [0.1, 0.15) is 11.5 Å². The van der Waals surface area contributed by atoms with Gasteiger partial charge in [0.2, 0.25) is 5.91 Å². The Labute approximate surface area is 137 Å². The molecule has 0 radical (unpaired) electrons. The zero-order valence-corrected chi connectivity index (χ0v) is 13.5. The van der Waals surface area contributed by atoms with Gasteiger partial charge < -0.3 is 14.6 Å². The van der Waals surface area contributed by atoms with Crippen LogP contribution in [0.25, 0.3) is 16.8 Å². The monoisotopic (exact) mass is 324 g/mol. The molecule has 1 unspecified atom stereocenters. The number of thiophene rings is 1. The van der Waals surface area contributed by atoms with Crippen molar-refractivity contribution in [1.29, 1.82) is 0 Å². The first-order valence-corrected chi connectivity index (χ1v) is 8.29. The molecule has 4 rings (SSSR count). The second kappa shape index (κ2) is 5.24. The highest BCUT2D eigenvalue weighted by Crippen LogP contribution is 2.28. The number of nitrogens with one attached hydrogen (secondary N) is 1. The Bertz CT molecular complexity index is 879. The molecule has 3 aromatic heterocycles. The molecular weight excluding hydrogens is 308 g/mol. The summed E-state index contributed by atoms with van der Waals surface area (Å²) in [4.78, 5) is 18.1. The molecule has 1 N–H and O–H groups in total. The topological polar surface area (TPSA) is 49.6 Å². The van der Waals surface area contributed by atoms with Gasteiger partial charge in [-0.1, -0.05) is 6.58 Å². The van der Waals surface area contributed by atoms with E-state index in [0.717, 1.165) is 16.9 Å². The van der Waals surface area contributed by atoms with Gasteiger partial charge in [0.15, 0.2) is 0 Å². The van der Waals surface area contributed by atoms with Gasteiger partial charge in [-0.25, -0.2) is 4.98 Å². The smallest absolute Gasteiger partial charge is 0.230 e. The number of carbonyl (C=O) groups excluding carboxylic acids is 1. The average Bonchev–Trinajstić information content (AvgIpc) is 3.20. The van der Waals surface area contributed by atoms with Crippen LogP contribution in [0.3, 0.4) is 0 Å². The molecule has 0 spiro atoms. The lowest BCUT2D eigenvalue weighted by Gasteiger charge is -2.32. The fourth-order valence-electron chi connectivity index (χ4n) is 2.85. The normalized spacial score (nSPS) is 18.5. The summed E-state index contributed by atoms with van der Waals surface area (Å²) in [7, 11) is 1.73. The minimum absolute atomic E-state index is 0.0580. The molecule has 0 bridgehead atoms. The second-order valence-corrected chi connectivity index (χ2v) is 6.42. The van der Waals surface area contributed by atoms with Crippen LogP contribution in [0, 0.1) is 0 Å². The molecule has 0 aromatic carbocycles. The highest BCUT2D eigenvalue weighted by Gasteiger charge is 2.28. The van der Waals surface area contributed by atoms with Crippen molar-refractivity contribution >= 4 is 22.9 Å². The van der Waals surface area contributed by atoms with E-state index in [-0.39, 0.29) is 11.9 Å². The van der Waals surface area contributed by atoms with Crippen molar-refractivity contribution in [3.8, 4) is 11.1 Å². The van der Waals surface area contributed by atoms with Crippen LogP contribution in [-0.2, 0) is 4.79 Å². The van der Waals surface area contributed by atoms with Crippen LogP contribution in [0.15, 0.2) is 53.8 Å². The molecule has 6 heteroatoms. The molecule has 0 saturated carbocycles. The van der Waals surface area contributed by atoms with E-state index in [1.54, 1.807) is 23.3 Å². The molecule has 116 valence electrons. The molecular formula is C17H16N4OS. The van der Waals surface area contributed by atoms with Crippen molar-refractivity contribution in [3.63, 3.8) is 0 Å². The number of pyridine rings is 1. The van der Waals surface area contributed by atoms with Gasteiger partial charge >= 0.3 is 0 Å². The number of rotatable bonds is 2. The Morgan fingerprint density at radius 3 is 2.96 bits per heavy atom. The van der Waals surface area contributed by atoms with Crippen LogP contribution >= 0.6 is 11.3 Å². The lowest BCUT2D eigenvalue weighted by atomic mass is 10.1. The maximum Gasteiger partial charge on any atom is 0.230 e. The average molecular weight is 324 g/mol. The van der Waals surface area contributed by atoms with E-state index in [4.69, 9.17) is 0 Å². The molecule has 3 aromatic rings. The SMILES string of the molecule is C=C1NC(c2cnc3ccc(-c4ccsc4)cn23)CC(=O)N1C. The van der Waals surface area contributed by atoms with Crippen LogP contribution in [-0.4, -0.2) is 27.2 Å². The van der Waals surface area contributed by atoms with E-state index in [1.807, 2.05) is 12.3 Å². The summed E-state index contributed by atoms with van der Waals surface area (Å²) in [6, 6.07) is 6.06. The zero-order chi connectivity index (χ0) is 16.0. The summed E-state index contributed by atoms with van der Waals surface area (Å²) >= 11 is 1.68. The molecule has 1 aliphatic rings. The minimum Gasteiger partial charge on any atom is -0.363 e. The lowest BCUT2D eigenvalue weighted by Crippen LogP contribution is -2.42. The zero-order valence-electron chi connectivity index (χ0n) is 12.7. The number of nitrogens with zero attached hydrogens (tertiary/aromatic N) is 3. The molecule has 1 aliphatic heterocycles. The number of hydrogen-bond acceptors (Lipinski definition) is 4. The van der Waals surface area contributed by atoms with Crippen LogP contribution in [0.5, 0.6) is 0 Å². The van der Waals surface area contributed by atoms with Crippen molar-refractivity contribution in [3.05, 3.63) is 59.4 Å². The van der Waals surface area contributed by atoms with Crippen molar-refractivity contribution in [2.75, 3.05) is 7.05 Å². The van der Waals surface area contributed by atoms with Gasteiger partial charge in [-0.05, 0) is 40.1 Å².